The van der Waals surface area contributed by atoms with Crippen LogP contribution in [0.25, 0.3) is 0 Å². The van der Waals surface area contributed by atoms with Gasteiger partial charge in [-0.1, -0.05) is 42.5 Å². The van der Waals surface area contributed by atoms with Gasteiger partial charge in [0.05, 0.1) is 17.4 Å². The molecule has 2 atom stereocenters. The third-order valence-corrected chi connectivity index (χ3v) is 7.22. The summed E-state index contributed by atoms with van der Waals surface area (Å²) in [5, 5.41) is 16.0. The number of nitrogens with one attached hydrogen (secondary N) is 2. The number of hydrogen-bond acceptors (Lipinski definition) is 4. The molecule has 0 bridgehead atoms. The molecule has 2 unspecified atom stereocenters. The lowest BCUT2D eigenvalue weighted by molar-refractivity contribution is -0.146. The zero-order valence-corrected chi connectivity index (χ0v) is 18.0. The second-order valence-electron chi connectivity index (χ2n) is 8.07. The number of aryl methyl sites for hydroxylation is 1. The van der Waals surface area contributed by atoms with E-state index in [4.69, 9.17) is 0 Å². The zero-order chi connectivity index (χ0) is 21.8. The van der Waals surface area contributed by atoms with Crippen molar-refractivity contribution < 1.29 is 19.5 Å². The van der Waals surface area contributed by atoms with E-state index in [9.17, 15) is 19.5 Å². The second kappa shape index (κ2) is 9.47. The molecule has 31 heavy (non-hydrogen) atoms. The Morgan fingerprint density at radius 3 is 2.45 bits per heavy atom. The number of carbonyl (C=O) groups excluding carboxylic acids is 2. The lowest BCUT2D eigenvalue weighted by atomic mass is 9.82. The number of thiophene rings is 1. The molecule has 2 aliphatic rings. The Hall–Kier alpha value is -2.93. The average molecular weight is 439 g/mol. The van der Waals surface area contributed by atoms with Crippen molar-refractivity contribution in [2.45, 2.75) is 45.1 Å². The Morgan fingerprint density at radius 2 is 1.71 bits per heavy atom. The van der Waals surface area contributed by atoms with Crippen LogP contribution in [-0.2, 0) is 29.0 Å². The highest BCUT2D eigenvalue weighted by molar-refractivity contribution is 7.17. The van der Waals surface area contributed by atoms with Crippen LogP contribution in [0.1, 0.15) is 52.0 Å². The van der Waals surface area contributed by atoms with E-state index in [1.165, 1.54) is 11.3 Å². The zero-order valence-electron chi connectivity index (χ0n) is 17.2. The first-order chi connectivity index (χ1) is 15.0. The molecule has 1 aromatic heterocycles. The molecule has 1 heterocycles. The summed E-state index contributed by atoms with van der Waals surface area (Å²) >= 11 is 1.46. The number of anilines is 1. The number of aliphatic carboxylic acids is 1. The number of benzene rings is 1. The van der Waals surface area contributed by atoms with Crippen molar-refractivity contribution in [1.82, 2.24) is 5.32 Å². The van der Waals surface area contributed by atoms with Gasteiger partial charge in [-0.25, -0.2) is 0 Å². The molecular weight excluding hydrogens is 412 g/mol. The van der Waals surface area contributed by atoms with Crippen molar-refractivity contribution in [1.29, 1.82) is 0 Å². The fraction of sp³-hybridized carbons (Fsp3) is 0.375. The number of carboxylic acids is 1. The molecule has 7 heteroatoms. The fourth-order valence-corrected chi connectivity index (χ4v) is 5.63. The Morgan fingerprint density at radius 1 is 1.00 bits per heavy atom. The van der Waals surface area contributed by atoms with Crippen LogP contribution in [0.15, 0.2) is 42.5 Å². The minimum absolute atomic E-state index is 0.197. The predicted octanol–water partition coefficient (Wildman–Crippen LogP) is 4.16. The van der Waals surface area contributed by atoms with Gasteiger partial charge in [0, 0.05) is 11.4 Å². The molecule has 1 aromatic carbocycles. The van der Waals surface area contributed by atoms with E-state index in [0.29, 0.717) is 30.0 Å². The van der Waals surface area contributed by atoms with E-state index in [1.807, 2.05) is 42.5 Å². The molecule has 3 N–H and O–H groups in total. The maximum Gasteiger partial charge on any atom is 0.307 e. The molecule has 0 aliphatic heterocycles. The number of carbonyl (C=O) groups is 3. The molecule has 0 saturated carbocycles. The first-order valence-electron chi connectivity index (χ1n) is 10.7. The number of carboxylic acid groups (broad SMARTS) is 1. The molecule has 2 aliphatic carbocycles. The summed E-state index contributed by atoms with van der Waals surface area (Å²) in [5.41, 5.74) is 2.57. The fourth-order valence-electron chi connectivity index (χ4n) is 4.34. The van der Waals surface area contributed by atoms with Crippen molar-refractivity contribution >= 4 is 34.1 Å². The summed E-state index contributed by atoms with van der Waals surface area (Å²) in [7, 11) is 0. The topological polar surface area (TPSA) is 95.5 Å². The van der Waals surface area contributed by atoms with Gasteiger partial charge in [-0.15, -0.1) is 11.3 Å². The molecule has 0 radical (unpaired) electrons. The quantitative estimate of drug-likeness (QED) is 0.590. The first kappa shape index (κ1) is 21.3. The van der Waals surface area contributed by atoms with Gasteiger partial charge in [-0.3, -0.25) is 14.4 Å². The third-order valence-electron chi connectivity index (χ3n) is 6.02. The maximum atomic E-state index is 13.1. The van der Waals surface area contributed by atoms with Gasteiger partial charge in [0.25, 0.3) is 5.91 Å². The van der Waals surface area contributed by atoms with Crippen LogP contribution in [0.4, 0.5) is 5.00 Å². The number of hydrogen-bond donors (Lipinski definition) is 3. The van der Waals surface area contributed by atoms with Crippen LogP contribution in [0.2, 0.25) is 0 Å². The van der Waals surface area contributed by atoms with Crippen molar-refractivity contribution in [3.63, 3.8) is 0 Å². The Kier molecular flexibility index (Phi) is 6.51. The number of amides is 2. The van der Waals surface area contributed by atoms with Crippen molar-refractivity contribution in [2.75, 3.05) is 5.32 Å². The summed E-state index contributed by atoms with van der Waals surface area (Å²) in [6.45, 7) is 0.409. The van der Waals surface area contributed by atoms with E-state index >= 15 is 0 Å². The lowest BCUT2D eigenvalue weighted by Crippen LogP contribution is -2.35. The maximum absolute atomic E-state index is 13.1. The summed E-state index contributed by atoms with van der Waals surface area (Å²) in [4.78, 5) is 38.9. The van der Waals surface area contributed by atoms with Crippen LogP contribution >= 0.6 is 11.3 Å². The summed E-state index contributed by atoms with van der Waals surface area (Å²) in [6.07, 6.45) is 8.22. The standard InChI is InChI=1S/C24H26N2O4S/c27-21(16-10-4-5-11-17(16)24(29)30)26-23-20(18-12-6-7-13-19(18)31-23)22(28)25-14-15-8-2-1-3-9-15/h1-5,8-9,16-17H,6-7,10-14H2,(H,25,28)(H,26,27)(H,29,30). The van der Waals surface area contributed by atoms with E-state index in [1.54, 1.807) is 0 Å². The first-order valence-corrected chi connectivity index (χ1v) is 11.5. The highest BCUT2D eigenvalue weighted by Crippen LogP contribution is 2.39. The summed E-state index contributed by atoms with van der Waals surface area (Å²) < 4.78 is 0. The number of allylic oxidation sites excluding steroid dienone is 2. The Balaban J connectivity index is 1.56. The molecule has 6 nitrogen and oxygen atoms in total. The molecule has 2 aromatic rings. The highest BCUT2D eigenvalue weighted by Gasteiger charge is 2.35. The Labute approximate surface area is 185 Å². The highest BCUT2D eigenvalue weighted by atomic mass is 32.1. The van der Waals surface area contributed by atoms with Crippen LogP contribution in [-0.4, -0.2) is 22.9 Å². The van der Waals surface area contributed by atoms with Gasteiger partial charge in [0.1, 0.15) is 5.00 Å². The van der Waals surface area contributed by atoms with Crippen LogP contribution < -0.4 is 10.6 Å². The molecule has 2 amide bonds. The minimum Gasteiger partial charge on any atom is -0.481 e. The Bertz CT molecular complexity index is 1010. The van der Waals surface area contributed by atoms with Gasteiger partial charge in [0.15, 0.2) is 0 Å². The third kappa shape index (κ3) is 4.71. The SMILES string of the molecule is O=C(NCc1ccccc1)c1c(NC(=O)C2CC=CCC2C(=O)O)sc2c1CCCC2. The minimum atomic E-state index is -0.962. The lowest BCUT2D eigenvalue weighted by Gasteiger charge is -2.24. The van der Waals surface area contributed by atoms with E-state index in [2.05, 4.69) is 10.6 Å². The van der Waals surface area contributed by atoms with Crippen molar-refractivity contribution in [3.8, 4) is 0 Å². The van der Waals surface area contributed by atoms with Crippen molar-refractivity contribution in [3.05, 3.63) is 64.1 Å². The van der Waals surface area contributed by atoms with E-state index in [0.717, 1.165) is 41.7 Å². The van der Waals surface area contributed by atoms with Crippen LogP contribution in [0.3, 0.4) is 0 Å². The van der Waals surface area contributed by atoms with E-state index in [-0.39, 0.29) is 11.8 Å². The van der Waals surface area contributed by atoms with Gasteiger partial charge in [-0.05, 0) is 49.7 Å². The summed E-state index contributed by atoms with van der Waals surface area (Å²) in [5.74, 6) is -2.86. The van der Waals surface area contributed by atoms with E-state index < -0.39 is 17.8 Å². The predicted molar refractivity (Wildman–Crippen MR) is 120 cm³/mol. The van der Waals surface area contributed by atoms with Crippen LogP contribution in [0.5, 0.6) is 0 Å². The molecular formula is C24H26N2O4S. The summed E-state index contributed by atoms with van der Waals surface area (Å²) in [6, 6.07) is 9.69. The largest absolute Gasteiger partial charge is 0.481 e. The molecule has 4 rings (SSSR count). The molecule has 0 saturated heterocycles. The van der Waals surface area contributed by atoms with Gasteiger partial charge in [-0.2, -0.15) is 0 Å². The average Bonchev–Trinajstić information content (AvgIpc) is 3.16. The molecule has 162 valence electrons. The van der Waals surface area contributed by atoms with Gasteiger partial charge in [0.2, 0.25) is 5.91 Å². The molecule has 0 spiro atoms. The smallest absolute Gasteiger partial charge is 0.307 e. The second-order valence-corrected chi connectivity index (χ2v) is 9.17. The normalized spacial score (nSPS) is 20.0. The van der Waals surface area contributed by atoms with Crippen LogP contribution in [0, 0.1) is 11.8 Å². The molecule has 0 fully saturated rings. The number of rotatable bonds is 6. The van der Waals surface area contributed by atoms with Gasteiger partial charge < -0.3 is 15.7 Å². The van der Waals surface area contributed by atoms with Gasteiger partial charge >= 0.3 is 5.97 Å². The van der Waals surface area contributed by atoms with Crippen molar-refractivity contribution in [2.24, 2.45) is 11.8 Å². The number of fused-ring (bicyclic) bond motifs is 1. The monoisotopic (exact) mass is 438 g/mol.